The number of aromatic nitrogens is 4. The Bertz CT molecular complexity index is 997. The molecule has 0 bridgehead atoms. The average Bonchev–Trinajstić information content (AvgIpc) is 3.32. The summed E-state index contributed by atoms with van der Waals surface area (Å²) in [6.07, 6.45) is 7.96. The van der Waals surface area contributed by atoms with E-state index >= 15 is 0 Å². The van der Waals surface area contributed by atoms with Crippen LogP contribution in [0.15, 0.2) is 41.2 Å². The summed E-state index contributed by atoms with van der Waals surface area (Å²) in [5.41, 5.74) is 8.46. The standard InChI is InChI=1S/C22H25N5O2/c1-22(17-7-8-17,20-26-19(29-27-20)14-4-9-18(28)10-14)16-5-2-13(3-6-16)15-11-24-21(23)25-12-15/h2-3,5-6,11-12,14,17-18,28H,4,7-10H2,1H3,(H2,23,24,25). The summed E-state index contributed by atoms with van der Waals surface area (Å²) in [6.45, 7) is 2.21. The maximum atomic E-state index is 9.83. The Kier molecular flexibility index (Phi) is 4.35. The first-order valence-electron chi connectivity index (χ1n) is 10.2. The Morgan fingerprint density at radius 1 is 1.03 bits per heavy atom. The van der Waals surface area contributed by atoms with E-state index in [1.807, 2.05) is 0 Å². The van der Waals surface area contributed by atoms with E-state index in [0.29, 0.717) is 18.2 Å². The number of aliphatic hydroxyl groups is 1. The van der Waals surface area contributed by atoms with Gasteiger partial charge in [-0.3, -0.25) is 0 Å². The molecule has 0 saturated heterocycles. The Labute approximate surface area is 169 Å². The van der Waals surface area contributed by atoms with E-state index in [9.17, 15) is 5.11 Å². The van der Waals surface area contributed by atoms with Crippen molar-refractivity contribution in [2.75, 3.05) is 5.73 Å². The molecule has 0 spiro atoms. The third kappa shape index (κ3) is 3.29. The number of rotatable bonds is 5. The quantitative estimate of drug-likeness (QED) is 0.685. The Morgan fingerprint density at radius 2 is 1.76 bits per heavy atom. The van der Waals surface area contributed by atoms with Gasteiger partial charge in [0, 0.05) is 23.9 Å². The fourth-order valence-electron chi connectivity index (χ4n) is 4.50. The second-order valence-electron chi connectivity index (χ2n) is 8.50. The molecule has 3 aromatic rings. The van der Waals surface area contributed by atoms with Crippen molar-refractivity contribution in [3.05, 3.63) is 53.9 Å². The molecule has 0 radical (unpaired) electrons. The van der Waals surface area contributed by atoms with Crippen LogP contribution >= 0.6 is 0 Å². The molecule has 2 aromatic heterocycles. The lowest BCUT2D eigenvalue weighted by Gasteiger charge is -2.27. The molecule has 3 atom stereocenters. The molecular formula is C22H25N5O2. The third-order valence-corrected chi connectivity index (χ3v) is 6.54. The van der Waals surface area contributed by atoms with Crippen molar-refractivity contribution < 1.29 is 9.63 Å². The zero-order valence-corrected chi connectivity index (χ0v) is 16.5. The molecule has 0 amide bonds. The number of hydrogen-bond acceptors (Lipinski definition) is 7. The second kappa shape index (κ2) is 6.91. The highest BCUT2D eigenvalue weighted by Gasteiger charge is 2.47. The topological polar surface area (TPSA) is 111 Å². The van der Waals surface area contributed by atoms with Crippen molar-refractivity contribution in [3.63, 3.8) is 0 Å². The molecule has 3 unspecified atom stereocenters. The van der Waals surface area contributed by atoms with Crippen molar-refractivity contribution in [1.29, 1.82) is 0 Å². The lowest BCUT2D eigenvalue weighted by atomic mass is 9.76. The minimum atomic E-state index is -0.283. The smallest absolute Gasteiger partial charge is 0.229 e. The van der Waals surface area contributed by atoms with Gasteiger partial charge in [0.25, 0.3) is 0 Å². The molecule has 150 valence electrons. The average molecular weight is 391 g/mol. The van der Waals surface area contributed by atoms with Gasteiger partial charge in [0.15, 0.2) is 5.82 Å². The van der Waals surface area contributed by atoms with Crippen LogP contribution in [0.4, 0.5) is 5.95 Å². The van der Waals surface area contributed by atoms with Crippen molar-refractivity contribution in [2.24, 2.45) is 5.92 Å². The zero-order chi connectivity index (χ0) is 20.0. The van der Waals surface area contributed by atoms with E-state index in [0.717, 1.165) is 42.6 Å². The highest BCUT2D eigenvalue weighted by Crippen LogP contribution is 2.50. The summed E-state index contributed by atoms with van der Waals surface area (Å²) in [6, 6.07) is 8.44. The van der Waals surface area contributed by atoms with Crippen LogP contribution in [0.1, 0.15) is 62.2 Å². The van der Waals surface area contributed by atoms with Gasteiger partial charge in [0.05, 0.1) is 11.5 Å². The van der Waals surface area contributed by atoms with Gasteiger partial charge < -0.3 is 15.4 Å². The molecular weight excluding hydrogens is 366 g/mol. The first-order chi connectivity index (χ1) is 14.0. The highest BCUT2D eigenvalue weighted by molar-refractivity contribution is 5.62. The van der Waals surface area contributed by atoms with Crippen LogP contribution in [-0.2, 0) is 5.41 Å². The predicted molar refractivity (Wildman–Crippen MR) is 108 cm³/mol. The predicted octanol–water partition coefficient (Wildman–Crippen LogP) is 3.45. The molecule has 2 saturated carbocycles. The summed E-state index contributed by atoms with van der Waals surface area (Å²) in [7, 11) is 0. The Morgan fingerprint density at radius 3 is 2.38 bits per heavy atom. The van der Waals surface area contributed by atoms with E-state index in [2.05, 4.69) is 46.3 Å². The number of aliphatic hydroxyl groups excluding tert-OH is 1. The van der Waals surface area contributed by atoms with Crippen molar-refractivity contribution in [3.8, 4) is 11.1 Å². The normalized spacial score (nSPS) is 23.8. The molecule has 7 heteroatoms. The van der Waals surface area contributed by atoms with Crippen LogP contribution in [0, 0.1) is 5.92 Å². The number of nitrogens with zero attached hydrogens (tertiary/aromatic N) is 4. The summed E-state index contributed by atoms with van der Waals surface area (Å²) >= 11 is 0. The van der Waals surface area contributed by atoms with Crippen LogP contribution < -0.4 is 5.73 Å². The Balaban J connectivity index is 1.45. The van der Waals surface area contributed by atoms with E-state index in [1.54, 1.807) is 12.4 Å². The molecule has 2 fully saturated rings. The second-order valence-corrected chi connectivity index (χ2v) is 8.50. The van der Waals surface area contributed by atoms with Crippen LogP contribution in [-0.4, -0.2) is 31.3 Å². The molecule has 1 aromatic carbocycles. The van der Waals surface area contributed by atoms with Crippen molar-refractivity contribution >= 4 is 5.95 Å². The fraction of sp³-hybridized carbons (Fsp3) is 0.455. The lowest BCUT2D eigenvalue weighted by Crippen LogP contribution is -2.28. The number of benzene rings is 1. The molecule has 5 rings (SSSR count). The monoisotopic (exact) mass is 391 g/mol. The van der Waals surface area contributed by atoms with E-state index in [4.69, 9.17) is 15.2 Å². The minimum absolute atomic E-state index is 0.169. The van der Waals surface area contributed by atoms with E-state index in [1.165, 1.54) is 5.56 Å². The van der Waals surface area contributed by atoms with Crippen LogP contribution in [0.25, 0.3) is 11.1 Å². The zero-order valence-electron chi connectivity index (χ0n) is 16.5. The summed E-state index contributed by atoms with van der Waals surface area (Å²) in [5.74, 6) is 2.36. The molecule has 7 nitrogen and oxygen atoms in total. The largest absolute Gasteiger partial charge is 0.393 e. The summed E-state index contributed by atoms with van der Waals surface area (Å²) in [5, 5.41) is 14.2. The Hall–Kier alpha value is -2.80. The SMILES string of the molecule is CC(c1ccc(-c2cnc(N)nc2)cc1)(c1noc(C2CCC(O)C2)n1)C1CC1. The van der Waals surface area contributed by atoms with Gasteiger partial charge in [-0.2, -0.15) is 4.98 Å². The number of nitrogen functional groups attached to an aromatic ring is 1. The maximum Gasteiger partial charge on any atom is 0.229 e. The van der Waals surface area contributed by atoms with Gasteiger partial charge in [-0.25, -0.2) is 9.97 Å². The first-order valence-corrected chi connectivity index (χ1v) is 10.2. The van der Waals surface area contributed by atoms with Gasteiger partial charge in [-0.15, -0.1) is 0 Å². The minimum Gasteiger partial charge on any atom is -0.393 e. The molecule has 2 aliphatic carbocycles. The van der Waals surface area contributed by atoms with Gasteiger partial charge in [-0.1, -0.05) is 29.4 Å². The lowest BCUT2D eigenvalue weighted by molar-refractivity contribution is 0.179. The number of anilines is 1. The summed E-state index contributed by atoms with van der Waals surface area (Å²) < 4.78 is 5.65. The molecule has 3 N–H and O–H groups in total. The number of hydrogen-bond donors (Lipinski definition) is 2. The number of nitrogens with two attached hydrogens (primary N) is 1. The van der Waals surface area contributed by atoms with E-state index < -0.39 is 0 Å². The van der Waals surface area contributed by atoms with Gasteiger partial charge >= 0.3 is 0 Å². The van der Waals surface area contributed by atoms with Crippen molar-refractivity contribution in [1.82, 2.24) is 20.1 Å². The fourth-order valence-corrected chi connectivity index (χ4v) is 4.50. The van der Waals surface area contributed by atoms with Crippen LogP contribution in [0.2, 0.25) is 0 Å². The first kappa shape index (κ1) is 18.2. The maximum absolute atomic E-state index is 9.83. The van der Waals surface area contributed by atoms with E-state index in [-0.39, 0.29) is 23.4 Å². The van der Waals surface area contributed by atoms with Gasteiger partial charge in [0.1, 0.15) is 0 Å². The highest BCUT2D eigenvalue weighted by atomic mass is 16.5. The molecule has 2 heterocycles. The third-order valence-electron chi connectivity index (χ3n) is 6.54. The molecule has 0 aliphatic heterocycles. The molecule has 29 heavy (non-hydrogen) atoms. The molecule has 2 aliphatic rings. The van der Waals surface area contributed by atoms with Crippen LogP contribution in [0.5, 0.6) is 0 Å². The van der Waals surface area contributed by atoms with Gasteiger partial charge in [0.2, 0.25) is 11.8 Å². The van der Waals surface area contributed by atoms with Crippen LogP contribution in [0.3, 0.4) is 0 Å². The van der Waals surface area contributed by atoms with Gasteiger partial charge in [-0.05, 0) is 56.1 Å². The van der Waals surface area contributed by atoms with Crippen molar-refractivity contribution in [2.45, 2.75) is 56.5 Å². The summed E-state index contributed by atoms with van der Waals surface area (Å²) in [4.78, 5) is 13.0.